The first-order valence-corrected chi connectivity index (χ1v) is 9.11. The van der Waals surface area contributed by atoms with E-state index in [0.29, 0.717) is 18.0 Å². The normalized spacial score (nSPS) is 16.5. The van der Waals surface area contributed by atoms with Gasteiger partial charge in [0, 0.05) is 6.54 Å². The number of hydrogen-bond donors (Lipinski definition) is 1. The number of methoxy groups -OCH3 is 1. The van der Waals surface area contributed by atoms with Gasteiger partial charge in [0.05, 0.1) is 17.6 Å². The van der Waals surface area contributed by atoms with Crippen LogP contribution in [0.25, 0.3) is 0 Å². The van der Waals surface area contributed by atoms with Gasteiger partial charge in [0.25, 0.3) is 0 Å². The van der Waals surface area contributed by atoms with Crippen LogP contribution in [0.4, 0.5) is 0 Å². The molecule has 0 heterocycles. The van der Waals surface area contributed by atoms with Crippen molar-refractivity contribution in [2.45, 2.75) is 43.9 Å². The molecule has 122 valence electrons. The van der Waals surface area contributed by atoms with Gasteiger partial charge < -0.3 is 4.74 Å². The minimum atomic E-state index is -3.60. The third-order valence-electron chi connectivity index (χ3n) is 4.21. The van der Waals surface area contributed by atoms with Crippen molar-refractivity contribution >= 4 is 16.0 Å². The Kier molecular flexibility index (Phi) is 5.58. The Hall–Kier alpha value is -1.40. The summed E-state index contributed by atoms with van der Waals surface area (Å²) >= 11 is 0. The Balaban J connectivity index is 2.13. The highest BCUT2D eigenvalue weighted by Gasteiger charge is 2.21. The smallest absolute Gasteiger partial charge is 0.338 e. The standard InChI is InChI=1S/C16H23NO4S/c1-12-8-9-14(10-15(12)16(18)21-2)22(19,20)17-11-13-6-4-3-5-7-13/h8-10,13,17H,3-7,11H2,1-2H3. The second kappa shape index (κ2) is 7.24. The number of ether oxygens (including phenoxy) is 1. The summed E-state index contributed by atoms with van der Waals surface area (Å²) in [4.78, 5) is 11.8. The number of esters is 1. The van der Waals surface area contributed by atoms with Gasteiger partial charge in [-0.1, -0.05) is 25.3 Å². The lowest BCUT2D eigenvalue weighted by atomic mass is 9.90. The van der Waals surface area contributed by atoms with Gasteiger partial charge in [-0.3, -0.25) is 0 Å². The summed E-state index contributed by atoms with van der Waals surface area (Å²) < 4.78 is 32.1. The van der Waals surface area contributed by atoms with Gasteiger partial charge >= 0.3 is 5.97 Å². The van der Waals surface area contributed by atoms with Gasteiger partial charge in [-0.05, 0) is 43.4 Å². The molecule has 0 aliphatic heterocycles. The lowest BCUT2D eigenvalue weighted by molar-refractivity contribution is 0.0599. The zero-order valence-electron chi connectivity index (χ0n) is 13.1. The molecule has 1 fully saturated rings. The molecule has 2 rings (SSSR count). The molecule has 0 saturated heterocycles. The van der Waals surface area contributed by atoms with Crippen molar-refractivity contribution in [1.82, 2.24) is 4.72 Å². The summed E-state index contributed by atoms with van der Waals surface area (Å²) in [6.45, 7) is 2.21. The maximum absolute atomic E-state index is 12.4. The molecule has 1 N–H and O–H groups in total. The van der Waals surface area contributed by atoms with Crippen LogP contribution in [-0.2, 0) is 14.8 Å². The van der Waals surface area contributed by atoms with Crippen LogP contribution in [0.15, 0.2) is 23.1 Å². The van der Waals surface area contributed by atoms with Crippen LogP contribution in [0, 0.1) is 12.8 Å². The van der Waals surface area contributed by atoms with E-state index in [0.717, 1.165) is 12.8 Å². The second-order valence-corrected chi connectivity index (χ2v) is 7.59. The highest BCUT2D eigenvalue weighted by molar-refractivity contribution is 7.89. The fraction of sp³-hybridized carbons (Fsp3) is 0.562. The van der Waals surface area contributed by atoms with Crippen molar-refractivity contribution in [3.05, 3.63) is 29.3 Å². The number of carbonyl (C=O) groups is 1. The number of hydrogen-bond acceptors (Lipinski definition) is 4. The average molecular weight is 325 g/mol. The number of carbonyl (C=O) groups excluding carboxylic acids is 1. The summed E-state index contributed by atoms with van der Waals surface area (Å²) in [6, 6.07) is 4.52. The first kappa shape index (κ1) is 17.0. The number of nitrogens with one attached hydrogen (secondary N) is 1. The molecule has 0 aromatic heterocycles. The van der Waals surface area contributed by atoms with Gasteiger partial charge in [-0.2, -0.15) is 0 Å². The maximum atomic E-state index is 12.4. The van der Waals surface area contributed by atoms with Crippen LogP contribution in [0.3, 0.4) is 0 Å². The molecule has 0 spiro atoms. The Morgan fingerprint density at radius 2 is 1.95 bits per heavy atom. The quantitative estimate of drug-likeness (QED) is 0.845. The van der Waals surface area contributed by atoms with E-state index in [4.69, 9.17) is 0 Å². The molecule has 0 radical (unpaired) electrons. The van der Waals surface area contributed by atoms with E-state index in [9.17, 15) is 13.2 Å². The van der Waals surface area contributed by atoms with Crippen molar-refractivity contribution in [3.8, 4) is 0 Å². The summed E-state index contributed by atoms with van der Waals surface area (Å²) in [6.07, 6.45) is 5.73. The van der Waals surface area contributed by atoms with Gasteiger partial charge in [-0.15, -0.1) is 0 Å². The van der Waals surface area contributed by atoms with Gasteiger partial charge in [0.15, 0.2) is 0 Å². The van der Waals surface area contributed by atoms with E-state index in [-0.39, 0.29) is 10.5 Å². The van der Waals surface area contributed by atoms with Crippen LogP contribution in [-0.4, -0.2) is 28.0 Å². The molecule has 5 nitrogen and oxygen atoms in total. The van der Waals surface area contributed by atoms with Gasteiger partial charge in [0.1, 0.15) is 0 Å². The third-order valence-corrected chi connectivity index (χ3v) is 5.63. The number of sulfonamides is 1. The minimum Gasteiger partial charge on any atom is -0.465 e. The Morgan fingerprint density at radius 1 is 1.27 bits per heavy atom. The van der Waals surface area contributed by atoms with E-state index in [1.807, 2.05) is 0 Å². The molecule has 1 saturated carbocycles. The summed E-state index contributed by atoms with van der Waals surface area (Å²) in [7, 11) is -2.32. The molecule has 1 aliphatic rings. The van der Waals surface area contributed by atoms with Crippen molar-refractivity contribution in [3.63, 3.8) is 0 Å². The van der Waals surface area contributed by atoms with E-state index >= 15 is 0 Å². The van der Waals surface area contributed by atoms with Crippen molar-refractivity contribution < 1.29 is 17.9 Å². The van der Waals surface area contributed by atoms with E-state index in [1.54, 1.807) is 13.0 Å². The number of aryl methyl sites for hydroxylation is 1. The zero-order chi connectivity index (χ0) is 16.2. The molecular formula is C16H23NO4S. The van der Waals surface area contributed by atoms with E-state index in [1.165, 1.54) is 38.5 Å². The van der Waals surface area contributed by atoms with Crippen molar-refractivity contribution in [2.75, 3.05) is 13.7 Å². The van der Waals surface area contributed by atoms with Crippen LogP contribution in [0.2, 0.25) is 0 Å². The predicted molar refractivity (Wildman–Crippen MR) is 84.3 cm³/mol. The lowest BCUT2D eigenvalue weighted by Gasteiger charge is -2.21. The first-order chi connectivity index (χ1) is 10.4. The van der Waals surface area contributed by atoms with Crippen LogP contribution in [0.5, 0.6) is 0 Å². The van der Waals surface area contributed by atoms with Crippen LogP contribution >= 0.6 is 0 Å². The van der Waals surface area contributed by atoms with E-state index < -0.39 is 16.0 Å². The average Bonchev–Trinajstić information content (AvgIpc) is 2.53. The number of rotatable bonds is 5. The predicted octanol–water partition coefficient (Wildman–Crippen LogP) is 2.64. The Labute approximate surface area is 132 Å². The van der Waals surface area contributed by atoms with Crippen molar-refractivity contribution in [1.29, 1.82) is 0 Å². The molecule has 1 aromatic carbocycles. The van der Waals surface area contributed by atoms with Crippen LogP contribution < -0.4 is 4.72 Å². The monoisotopic (exact) mass is 325 g/mol. The molecule has 1 aromatic rings. The molecule has 0 bridgehead atoms. The largest absolute Gasteiger partial charge is 0.465 e. The number of benzene rings is 1. The van der Waals surface area contributed by atoms with Gasteiger partial charge in [0.2, 0.25) is 10.0 Å². The minimum absolute atomic E-state index is 0.106. The van der Waals surface area contributed by atoms with Crippen molar-refractivity contribution in [2.24, 2.45) is 5.92 Å². The third kappa shape index (κ3) is 4.08. The summed E-state index contributed by atoms with van der Waals surface area (Å²) in [5.41, 5.74) is 0.973. The summed E-state index contributed by atoms with van der Waals surface area (Å²) in [5, 5.41) is 0. The molecule has 0 atom stereocenters. The van der Waals surface area contributed by atoms with Gasteiger partial charge in [-0.25, -0.2) is 17.9 Å². The highest BCUT2D eigenvalue weighted by Crippen LogP contribution is 2.23. The molecule has 1 aliphatic carbocycles. The van der Waals surface area contributed by atoms with Crippen LogP contribution in [0.1, 0.15) is 48.0 Å². The molecule has 22 heavy (non-hydrogen) atoms. The zero-order valence-corrected chi connectivity index (χ0v) is 13.9. The fourth-order valence-corrected chi connectivity index (χ4v) is 3.94. The fourth-order valence-electron chi connectivity index (χ4n) is 2.80. The van der Waals surface area contributed by atoms with E-state index in [2.05, 4.69) is 9.46 Å². The highest BCUT2D eigenvalue weighted by atomic mass is 32.2. The topological polar surface area (TPSA) is 72.5 Å². The first-order valence-electron chi connectivity index (χ1n) is 7.62. The molecular weight excluding hydrogens is 302 g/mol. The molecule has 6 heteroatoms. The maximum Gasteiger partial charge on any atom is 0.338 e. The SMILES string of the molecule is COC(=O)c1cc(S(=O)(=O)NCC2CCCCC2)ccc1C. The molecule has 0 unspecified atom stereocenters. The lowest BCUT2D eigenvalue weighted by Crippen LogP contribution is -2.30. The summed E-state index contributed by atoms with van der Waals surface area (Å²) in [5.74, 6) is -0.115. The molecule has 0 amide bonds. The Bertz CT molecular complexity index is 634. The Morgan fingerprint density at radius 3 is 2.59 bits per heavy atom. The second-order valence-electron chi connectivity index (χ2n) is 5.82.